The van der Waals surface area contributed by atoms with Gasteiger partial charge in [-0.25, -0.2) is 0 Å². The van der Waals surface area contributed by atoms with Crippen molar-refractivity contribution in [2.75, 3.05) is 6.61 Å². The summed E-state index contributed by atoms with van der Waals surface area (Å²) in [6, 6.07) is 6.58. The third-order valence-corrected chi connectivity index (χ3v) is 3.59. The quantitative estimate of drug-likeness (QED) is 0.444. The summed E-state index contributed by atoms with van der Waals surface area (Å²) < 4.78 is 28.3. The van der Waals surface area contributed by atoms with E-state index < -0.39 is 10.1 Å². The number of terminal acetylenes is 1. The lowest BCUT2D eigenvalue weighted by molar-refractivity contribution is 0.309. The van der Waals surface area contributed by atoms with Crippen molar-refractivity contribution < 1.29 is 12.6 Å². The van der Waals surface area contributed by atoms with E-state index in [0.717, 1.165) is 12.0 Å². The summed E-state index contributed by atoms with van der Waals surface area (Å²) in [4.78, 5) is 0.194. The average molecular weight is 252 g/mol. The molecule has 1 rings (SSSR count). The molecule has 0 atom stereocenters. The summed E-state index contributed by atoms with van der Waals surface area (Å²) in [5.41, 5.74) is 1.01. The normalized spacial score (nSPS) is 11.1. The van der Waals surface area contributed by atoms with Gasteiger partial charge in [0, 0.05) is 6.42 Å². The highest BCUT2D eigenvalue weighted by Crippen LogP contribution is 2.13. The number of aryl methyl sites for hydroxylation is 1. The van der Waals surface area contributed by atoms with Crippen LogP contribution < -0.4 is 0 Å². The number of hydrogen-bond acceptors (Lipinski definition) is 3. The summed E-state index contributed by atoms with van der Waals surface area (Å²) in [6.45, 7) is 2.08. The minimum Gasteiger partial charge on any atom is -0.266 e. The van der Waals surface area contributed by atoms with Gasteiger partial charge in [0.25, 0.3) is 10.1 Å². The van der Waals surface area contributed by atoms with E-state index in [0.29, 0.717) is 12.8 Å². The largest absolute Gasteiger partial charge is 0.296 e. The molecule has 4 heteroatoms. The second-order valence-corrected chi connectivity index (χ2v) is 5.37. The molecular weight excluding hydrogens is 236 g/mol. The standard InChI is InChI=1S/C13H16O3S/c1-3-4-5-6-11-16-17(14,15)13-9-7-12(2)8-10-13/h1,7-10H,4-6,11H2,2H3. The maximum absolute atomic E-state index is 11.7. The van der Waals surface area contributed by atoms with Crippen molar-refractivity contribution in [1.29, 1.82) is 0 Å². The van der Waals surface area contributed by atoms with E-state index >= 15 is 0 Å². The van der Waals surface area contributed by atoms with Crippen molar-refractivity contribution in [3.8, 4) is 12.3 Å². The third kappa shape index (κ3) is 4.59. The summed E-state index contributed by atoms with van der Waals surface area (Å²) in [6.07, 6.45) is 7.17. The van der Waals surface area contributed by atoms with Gasteiger partial charge in [-0.3, -0.25) is 4.18 Å². The van der Waals surface area contributed by atoms with E-state index in [9.17, 15) is 8.42 Å². The van der Waals surface area contributed by atoms with E-state index in [-0.39, 0.29) is 11.5 Å². The molecule has 3 nitrogen and oxygen atoms in total. The van der Waals surface area contributed by atoms with Crippen molar-refractivity contribution >= 4 is 10.1 Å². The molecule has 0 bridgehead atoms. The van der Waals surface area contributed by atoms with Crippen LogP contribution in [0.1, 0.15) is 24.8 Å². The SMILES string of the molecule is C#CCCCCOS(=O)(=O)c1ccc(C)cc1. The molecule has 0 radical (unpaired) electrons. The highest BCUT2D eigenvalue weighted by atomic mass is 32.2. The molecule has 0 fully saturated rings. The Morgan fingerprint density at radius 1 is 1.24 bits per heavy atom. The van der Waals surface area contributed by atoms with Gasteiger partial charge in [0.05, 0.1) is 11.5 Å². The first-order chi connectivity index (χ1) is 8.06. The topological polar surface area (TPSA) is 43.4 Å². The molecule has 0 amide bonds. The van der Waals surface area contributed by atoms with Gasteiger partial charge in [0.1, 0.15) is 0 Å². The zero-order chi connectivity index (χ0) is 12.7. The van der Waals surface area contributed by atoms with Gasteiger partial charge in [-0.05, 0) is 31.9 Å². The Balaban J connectivity index is 2.52. The molecule has 0 aromatic heterocycles. The van der Waals surface area contributed by atoms with Gasteiger partial charge in [-0.15, -0.1) is 12.3 Å². The lowest BCUT2D eigenvalue weighted by atomic mass is 10.2. The fourth-order valence-corrected chi connectivity index (χ4v) is 2.21. The monoisotopic (exact) mass is 252 g/mol. The van der Waals surface area contributed by atoms with E-state index in [1.807, 2.05) is 6.92 Å². The zero-order valence-electron chi connectivity index (χ0n) is 9.85. The van der Waals surface area contributed by atoms with E-state index in [2.05, 4.69) is 5.92 Å². The number of unbranched alkanes of at least 4 members (excludes halogenated alkanes) is 2. The van der Waals surface area contributed by atoms with Crippen LogP contribution in [0.15, 0.2) is 29.2 Å². The maximum Gasteiger partial charge on any atom is 0.296 e. The summed E-state index contributed by atoms with van der Waals surface area (Å²) in [5, 5.41) is 0. The number of rotatable bonds is 6. The van der Waals surface area contributed by atoms with Crippen LogP contribution in [0.3, 0.4) is 0 Å². The third-order valence-electron chi connectivity index (χ3n) is 2.26. The van der Waals surface area contributed by atoms with Crippen LogP contribution in [0.4, 0.5) is 0 Å². The first-order valence-corrected chi connectivity index (χ1v) is 6.86. The molecule has 0 unspecified atom stereocenters. The molecule has 0 saturated carbocycles. The van der Waals surface area contributed by atoms with Crippen LogP contribution >= 0.6 is 0 Å². The second-order valence-electron chi connectivity index (χ2n) is 3.75. The van der Waals surface area contributed by atoms with E-state index in [4.69, 9.17) is 10.6 Å². The van der Waals surface area contributed by atoms with Crippen LogP contribution in [-0.4, -0.2) is 15.0 Å². The van der Waals surface area contributed by atoms with Crippen LogP contribution in [0.2, 0.25) is 0 Å². The minimum atomic E-state index is -3.62. The zero-order valence-corrected chi connectivity index (χ0v) is 10.7. The van der Waals surface area contributed by atoms with Crippen LogP contribution in [0.25, 0.3) is 0 Å². The molecule has 0 aliphatic heterocycles. The Bertz CT molecular complexity index is 480. The summed E-state index contributed by atoms with van der Waals surface area (Å²) in [7, 11) is -3.62. The minimum absolute atomic E-state index is 0.178. The highest BCUT2D eigenvalue weighted by molar-refractivity contribution is 7.86. The average Bonchev–Trinajstić information content (AvgIpc) is 2.29. The Labute approximate surface area is 103 Å². The van der Waals surface area contributed by atoms with Crippen LogP contribution in [0, 0.1) is 19.3 Å². The molecule has 0 heterocycles. The van der Waals surface area contributed by atoms with Crippen LogP contribution in [0.5, 0.6) is 0 Å². The molecular formula is C13H16O3S. The Morgan fingerprint density at radius 3 is 2.47 bits per heavy atom. The van der Waals surface area contributed by atoms with E-state index in [1.54, 1.807) is 24.3 Å². The first kappa shape index (κ1) is 13.8. The van der Waals surface area contributed by atoms with Crippen molar-refractivity contribution in [2.45, 2.75) is 31.1 Å². The molecule has 0 N–H and O–H groups in total. The highest BCUT2D eigenvalue weighted by Gasteiger charge is 2.13. The molecule has 0 spiro atoms. The van der Waals surface area contributed by atoms with E-state index in [1.165, 1.54) is 0 Å². The lowest BCUT2D eigenvalue weighted by Crippen LogP contribution is -2.07. The Hall–Kier alpha value is -1.31. The maximum atomic E-state index is 11.7. The van der Waals surface area contributed by atoms with Gasteiger partial charge in [-0.2, -0.15) is 8.42 Å². The Kier molecular flexibility index (Phi) is 5.20. The van der Waals surface area contributed by atoms with Gasteiger partial charge >= 0.3 is 0 Å². The fraction of sp³-hybridized carbons (Fsp3) is 0.385. The smallest absolute Gasteiger partial charge is 0.266 e. The number of benzene rings is 1. The van der Waals surface area contributed by atoms with Crippen LogP contribution in [-0.2, 0) is 14.3 Å². The molecule has 17 heavy (non-hydrogen) atoms. The molecule has 1 aromatic carbocycles. The van der Waals surface area contributed by atoms with Crippen molar-refractivity contribution in [1.82, 2.24) is 0 Å². The Morgan fingerprint density at radius 2 is 1.88 bits per heavy atom. The van der Waals surface area contributed by atoms with Crippen molar-refractivity contribution in [3.63, 3.8) is 0 Å². The van der Waals surface area contributed by atoms with Gasteiger partial charge in [-0.1, -0.05) is 17.7 Å². The predicted octanol–water partition coefficient (Wildman–Crippen LogP) is 2.50. The van der Waals surface area contributed by atoms with Crippen molar-refractivity contribution in [2.24, 2.45) is 0 Å². The van der Waals surface area contributed by atoms with Gasteiger partial charge in [0.15, 0.2) is 0 Å². The summed E-state index contributed by atoms with van der Waals surface area (Å²) >= 11 is 0. The number of hydrogen-bond donors (Lipinski definition) is 0. The molecule has 92 valence electrons. The first-order valence-electron chi connectivity index (χ1n) is 5.46. The van der Waals surface area contributed by atoms with Gasteiger partial charge < -0.3 is 0 Å². The second kappa shape index (κ2) is 6.43. The molecule has 1 aromatic rings. The van der Waals surface area contributed by atoms with Crippen molar-refractivity contribution in [3.05, 3.63) is 29.8 Å². The van der Waals surface area contributed by atoms with Gasteiger partial charge in [0.2, 0.25) is 0 Å². The fourth-order valence-electron chi connectivity index (χ4n) is 1.27. The predicted molar refractivity (Wildman–Crippen MR) is 67.0 cm³/mol. The molecule has 0 aliphatic rings. The lowest BCUT2D eigenvalue weighted by Gasteiger charge is -2.05. The molecule has 0 saturated heterocycles. The molecule has 0 aliphatic carbocycles. The summed E-state index contributed by atoms with van der Waals surface area (Å²) in [5.74, 6) is 2.50.